The lowest BCUT2D eigenvalue weighted by atomic mass is 10.0. The van der Waals surface area contributed by atoms with Crippen molar-refractivity contribution in [1.29, 1.82) is 0 Å². The van der Waals surface area contributed by atoms with Crippen LogP contribution < -0.4 is 5.32 Å². The minimum atomic E-state index is -5.08. The highest BCUT2D eigenvalue weighted by Gasteiger charge is 2.61. The Morgan fingerprint density at radius 2 is 2.07 bits per heavy atom. The van der Waals surface area contributed by atoms with Gasteiger partial charge in [-0.1, -0.05) is 13.0 Å². The molecule has 168 valence electrons. The molecule has 3 rings (SSSR count). The van der Waals surface area contributed by atoms with Crippen molar-refractivity contribution in [2.45, 2.75) is 38.9 Å². The van der Waals surface area contributed by atoms with Gasteiger partial charge in [0.1, 0.15) is 0 Å². The second kappa shape index (κ2) is 9.29. The normalized spacial score (nSPS) is 23.5. The summed E-state index contributed by atoms with van der Waals surface area (Å²) in [4.78, 5) is 25.2. The lowest BCUT2D eigenvalue weighted by Crippen LogP contribution is -2.32. The smallest absolute Gasteiger partial charge is 0.475 e. The Balaban J connectivity index is 0.000000396. The molecular weight excluding hydrogens is 427 g/mol. The molecule has 1 saturated carbocycles. The van der Waals surface area contributed by atoms with Gasteiger partial charge in [-0.05, 0) is 36.3 Å². The van der Waals surface area contributed by atoms with Crippen LogP contribution in [0.4, 0.5) is 13.2 Å². The number of carbonyl (C=O) groups excluding carboxylic acids is 1. The standard InChI is InChI=1S/C16H23N3O3S.C2HF3O2/c1-2-8-23(21,22)19-7-5-16(12-19)9-14(16)15(20)18-11-13-4-3-6-17-10-13;3-2(4,5)1(6)7/h3-4,6,10,14H,2,5,7-9,11-12H2,1H3,(H,18,20);(H,6,7). The molecule has 1 aliphatic heterocycles. The molecule has 0 bridgehead atoms. The summed E-state index contributed by atoms with van der Waals surface area (Å²) in [7, 11) is -3.15. The molecule has 2 aliphatic rings. The van der Waals surface area contributed by atoms with Crippen molar-refractivity contribution < 1.29 is 36.3 Å². The van der Waals surface area contributed by atoms with Crippen LogP contribution in [0.25, 0.3) is 0 Å². The van der Waals surface area contributed by atoms with Crippen molar-refractivity contribution in [2.24, 2.45) is 11.3 Å². The van der Waals surface area contributed by atoms with E-state index in [1.807, 2.05) is 19.1 Å². The average molecular weight is 451 g/mol. The first-order valence-corrected chi connectivity index (χ1v) is 11.0. The second-order valence-electron chi connectivity index (χ2n) is 7.40. The van der Waals surface area contributed by atoms with Gasteiger partial charge in [-0.15, -0.1) is 0 Å². The Morgan fingerprint density at radius 3 is 2.60 bits per heavy atom. The topological polar surface area (TPSA) is 117 Å². The summed E-state index contributed by atoms with van der Waals surface area (Å²) in [5.74, 6) is -2.59. The number of nitrogens with zero attached hydrogens (tertiary/aromatic N) is 2. The molecule has 1 saturated heterocycles. The molecule has 8 nitrogen and oxygen atoms in total. The van der Waals surface area contributed by atoms with Gasteiger partial charge in [-0.25, -0.2) is 17.5 Å². The molecule has 2 fully saturated rings. The zero-order valence-electron chi connectivity index (χ0n) is 16.4. The molecule has 1 aromatic rings. The van der Waals surface area contributed by atoms with E-state index in [1.165, 1.54) is 0 Å². The third-order valence-electron chi connectivity index (χ3n) is 5.14. The molecule has 1 aromatic heterocycles. The Hall–Kier alpha value is -2.21. The molecular formula is C18H24F3N3O5S. The van der Waals surface area contributed by atoms with Gasteiger partial charge in [-0.3, -0.25) is 9.78 Å². The highest BCUT2D eigenvalue weighted by atomic mass is 32.2. The summed E-state index contributed by atoms with van der Waals surface area (Å²) in [6.07, 6.45) is 0.564. The maximum Gasteiger partial charge on any atom is 0.490 e. The van der Waals surface area contributed by atoms with Crippen molar-refractivity contribution in [3.8, 4) is 0 Å². The van der Waals surface area contributed by atoms with Gasteiger partial charge in [-0.2, -0.15) is 13.2 Å². The molecule has 0 radical (unpaired) electrons. The van der Waals surface area contributed by atoms with E-state index in [2.05, 4.69) is 10.3 Å². The van der Waals surface area contributed by atoms with Crippen LogP contribution in [0.3, 0.4) is 0 Å². The lowest BCUT2D eigenvalue weighted by Gasteiger charge is -2.16. The third-order valence-corrected chi connectivity index (χ3v) is 7.17. The Labute approximate surface area is 172 Å². The van der Waals surface area contributed by atoms with E-state index in [0.29, 0.717) is 26.1 Å². The van der Waals surface area contributed by atoms with Gasteiger partial charge < -0.3 is 10.4 Å². The van der Waals surface area contributed by atoms with E-state index in [-0.39, 0.29) is 23.0 Å². The largest absolute Gasteiger partial charge is 0.490 e. The monoisotopic (exact) mass is 451 g/mol. The number of alkyl halides is 3. The van der Waals surface area contributed by atoms with Crippen LogP contribution in [-0.4, -0.2) is 59.7 Å². The molecule has 0 aromatic carbocycles. The molecule has 2 atom stereocenters. The number of sulfonamides is 1. The SMILES string of the molecule is CCCS(=O)(=O)N1CCC2(CC2C(=O)NCc2cccnc2)C1.O=C(O)C(F)(F)F. The molecule has 2 heterocycles. The number of carboxylic acid groups (broad SMARTS) is 1. The van der Waals surface area contributed by atoms with Crippen LogP contribution in [0.5, 0.6) is 0 Å². The third kappa shape index (κ3) is 6.14. The fourth-order valence-electron chi connectivity index (χ4n) is 3.47. The molecule has 1 aliphatic carbocycles. The average Bonchev–Trinajstić information content (AvgIpc) is 3.19. The van der Waals surface area contributed by atoms with Gasteiger partial charge in [0, 0.05) is 37.9 Å². The second-order valence-corrected chi connectivity index (χ2v) is 9.49. The lowest BCUT2D eigenvalue weighted by molar-refractivity contribution is -0.192. The number of carboxylic acids is 1. The molecule has 1 spiro atoms. The van der Waals surface area contributed by atoms with E-state index < -0.39 is 22.2 Å². The summed E-state index contributed by atoms with van der Waals surface area (Å²) in [5, 5.41) is 10.1. The van der Waals surface area contributed by atoms with Gasteiger partial charge in [0.2, 0.25) is 15.9 Å². The van der Waals surface area contributed by atoms with E-state index in [1.54, 1.807) is 16.7 Å². The quantitative estimate of drug-likeness (QED) is 0.681. The summed E-state index contributed by atoms with van der Waals surface area (Å²) >= 11 is 0. The number of aliphatic carboxylic acids is 1. The predicted molar refractivity (Wildman–Crippen MR) is 101 cm³/mol. The van der Waals surface area contributed by atoms with Crippen LogP contribution in [0.15, 0.2) is 24.5 Å². The number of carbonyl (C=O) groups is 2. The summed E-state index contributed by atoms with van der Waals surface area (Å²) in [5.41, 5.74) is 0.842. The first-order chi connectivity index (χ1) is 13.9. The van der Waals surface area contributed by atoms with E-state index in [9.17, 15) is 26.4 Å². The highest BCUT2D eigenvalue weighted by Crippen LogP contribution is 2.58. The van der Waals surface area contributed by atoms with E-state index >= 15 is 0 Å². The van der Waals surface area contributed by atoms with Gasteiger partial charge in [0.05, 0.1) is 5.75 Å². The number of pyridine rings is 1. The van der Waals surface area contributed by atoms with Crippen molar-refractivity contribution >= 4 is 21.9 Å². The van der Waals surface area contributed by atoms with Crippen LogP contribution >= 0.6 is 0 Å². The predicted octanol–water partition coefficient (Wildman–Crippen LogP) is 1.78. The number of nitrogens with one attached hydrogen (secondary N) is 1. The van der Waals surface area contributed by atoms with Crippen molar-refractivity contribution in [2.75, 3.05) is 18.8 Å². The van der Waals surface area contributed by atoms with Crippen LogP contribution in [0.2, 0.25) is 0 Å². The van der Waals surface area contributed by atoms with Crippen molar-refractivity contribution in [3.63, 3.8) is 0 Å². The number of hydrogen-bond donors (Lipinski definition) is 2. The first-order valence-electron chi connectivity index (χ1n) is 9.36. The number of halogens is 3. The van der Waals surface area contributed by atoms with E-state index in [0.717, 1.165) is 18.4 Å². The minimum Gasteiger partial charge on any atom is -0.475 e. The van der Waals surface area contributed by atoms with Gasteiger partial charge in [0.25, 0.3) is 0 Å². The summed E-state index contributed by atoms with van der Waals surface area (Å²) in [6.45, 7) is 3.39. The number of hydrogen-bond acceptors (Lipinski definition) is 5. The summed E-state index contributed by atoms with van der Waals surface area (Å²) < 4.78 is 57.6. The van der Waals surface area contributed by atoms with E-state index in [4.69, 9.17) is 9.90 Å². The highest BCUT2D eigenvalue weighted by molar-refractivity contribution is 7.89. The van der Waals surface area contributed by atoms with Crippen LogP contribution in [-0.2, 0) is 26.2 Å². The number of aromatic nitrogens is 1. The molecule has 30 heavy (non-hydrogen) atoms. The first kappa shape index (κ1) is 24.1. The Kier molecular flexibility index (Phi) is 7.45. The Bertz CT molecular complexity index is 864. The van der Waals surface area contributed by atoms with Crippen LogP contribution in [0.1, 0.15) is 31.7 Å². The maximum atomic E-state index is 12.3. The fourth-order valence-corrected chi connectivity index (χ4v) is 5.06. The zero-order chi connectivity index (χ0) is 22.6. The van der Waals surface area contributed by atoms with Crippen LogP contribution in [0, 0.1) is 11.3 Å². The molecule has 12 heteroatoms. The number of rotatable bonds is 6. The summed E-state index contributed by atoms with van der Waals surface area (Å²) in [6, 6.07) is 3.76. The fraction of sp³-hybridized carbons (Fsp3) is 0.611. The Morgan fingerprint density at radius 1 is 1.40 bits per heavy atom. The minimum absolute atomic E-state index is 0.0311. The molecule has 2 N–H and O–H groups in total. The van der Waals surface area contributed by atoms with Crippen molar-refractivity contribution in [1.82, 2.24) is 14.6 Å². The molecule has 2 unspecified atom stereocenters. The van der Waals surface area contributed by atoms with Gasteiger partial charge in [0.15, 0.2) is 0 Å². The van der Waals surface area contributed by atoms with Gasteiger partial charge >= 0.3 is 12.1 Å². The molecule has 1 amide bonds. The zero-order valence-corrected chi connectivity index (χ0v) is 17.2. The number of amides is 1. The maximum absolute atomic E-state index is 12.3. The van der Waals surface area contributed by atoms with Crippen molar-refractivity contribution in [3.05, 3.63) is 30.1 Å².